The van der Waals surface area contributed by atoms with E-state index >= 15 is 0 Å². The first kappa shape index (κ1) is 22.3. The molecule has 0 fully saturated rings. The molecule has 0 saturated heterocycles. The average Bonchev–Trinajstić information content (AvgIpc) is 2.89. The molecule has 0 spiro atoms. The van der Waals surface area contributed by atoms with Crippen molar-refractivity contribution in [1.82, 2.24) is 0 Å². The van der Waals surface area contributed by atoms with E-state index < -0.39 is 35.5 Å². The van der Waals surface area contributed by atoms with Crippen molar-refractivity contribution in [2.75, 3.05) is 0 Å². The number of benzene rings is 6. The minimum absolute atomic E-state index is 0.660. The summed E-state index contributed by atoms with van der Waals surface area (Å²) in [7, 11) is 0. The topological polar surface area (TPSA) is 53.7 Å². The second-order valence-corrected chi connectivity index (χ2v) is 14.1. The summed E-state index contributed by atoms with van der Waals surface area (Å²) in [6.45, 7) is 0. The van der Waals surface area contributed by atoms with Gasteiger partial charge in [-0.1, -0.05) is 0 Å². The van der Waals surface area contributed by atoms with Crippen molar-refractivity contribution in [1.29, 1.82) is 0 Å². The Balaban J connectivity index is 1.47. The second-order valence-electron chi connectivity index (χ2n) is 8.34. The predicted molar refractivity (Wildman–Crippen MR) is 138 cm³/mol. The molecule has 0 unspecified atom stereocenters. The van der Waals surface area contributed by atoms with Crippen LogP contribution in [0.1, 0.15) is 0 Å². The van der Waals surface area contributed by atoms with Crippen LogP contribution in [0.15, 0.2) is 127 Å². The zero-order chi connectivity index (χ0) is 23.7. The molecule has 0 aliphatic heterocycles. The molecule has 0 aliphatic rings. The Morgan fingerprint density at radius 2 is 0.657 bits per heavy atom. The molecular formula is C30H23CeNO3. The molecule has 6 rings (SSSR count). The third kappa shape index (κ3) is 4.58. The maximum atomic E-state index is 7.02. The Kier molecular flexibility index (Phi) is 6.04. The molecule has 0 saturated carbocycles. The van der Waals surface area contributed by atoms with Gasteiger partial charge < -0.3 is 0 Å². The summed E-state index contributed by atoms with van der Waals surface area (Å²) < 4.78 is 26.8. The molecular weight excluding hydrogens is 562 g/mol. The maximum absolute atomic E-state index is 7.02. The molecule has 4 nitrogen and oxygen atoms in total. The zero-order valence-corrected chi connectivity index (χ0v) is 22.1. The third-order valence-electron chi connectivity index (χ3n) is 6.01. The molecule has 2 N–H and O–H groups in total. The molecule has 0 bridgehead atoms. The van der Waals surface area contributed by atoms with Crippen LogP contribution in [0.3, 0.4) is 0 Å². The van der Waals surface area contributed by atoms with Crippen LogP contribution in [0, 0.1) is 35.5 Å². The van der Waals surface area contributed by atoms with E-state index in [0.717, 1.165) is 32.3 Å². The number of nitrogens with two attached hydrogens (primary N) is 1. The van der Waals surface area contributed by atoms with Crippen LogP contribution in [0.4, 0.5) is 0 Å². The van der Waals surface area contributed by atoms with Crippen molar-refractivity contribution in [2.24, 2.45) is 1.70 Å². The van der Waals surface area contributed by atoms with Gasteiger partial charge in [0.05, 0.1) is 0 Å². The van der Waals surface area contributed by atoms with Crippen LogP contribution in [-0.4, -0.2) is 0 Å². The Hall–Kier alpha value is -3.16. The van der Waals surface area contributed by atoms with E-state index in [0.29, 0.717) is 17.2 Å². The SMILES string of the molecule is [NH2][Ce]([O]c1cccc2ccccc12)([O]c1cccc2ccccc12)[O]c1cccc2ccccc12. The molecule has 170 valence electrons. The Bertz CT molecular complexity index is 1450. The molecule has 0 heterocycles. The summed E-state index contributed by atoms with van der Waals surface area (Å²) >= 11 is -4.95. The number of fused-ring (bicyclic) bond motifs is 3. The van der Waals surface area contributed by atoms with Crippen molar-refractivity contribution in [3.8, 4) is 17.2 Å². The fraction of sp³-hybridized carbons (Fsp3) is 0. The summed E-state index contributed by atoms with van der Waals surface area (Å²) in [5.74, 6) is 1.98. The monoisotopic (exact) mass is 585 g/mol. The van der Waals surface area contributed by atoms with E-state index in [1.165, 1.54) is 0 Å². The van der Waals surface area contributed by atoms with E-state index in [-0.39, 0.29) is 0 Å². The molecule has 0 amide bonds. The van der Waals surface area contributed by atoms with Crippen molar-refractivity contribution in [2.45, 2.75) is 0 Å². The normalized spacial score (nSPS) is 11.6. The standard InChI is InChI=1S/3C10H8O.Ce.H2N/c3*11-10-7-3-5-8-4-1-2-6-9(8)10;;/h3*1-7,11H;;1H2/q;;;+4;-1/p-3. The van der Waals surface area contributed by atoms with Gasteiger partial charge in [0, 0.05) is 0 Å². The van der Waals surface area contributed by atoms with Crippen LogP contribution in [0.25, 0.3) is 32.3 Å². The first-order valence-corrected chi connectivity index (χ1v) is 17.1. The fourth-order valence-corrected chi connectivity index (χ4v) is 9.33. The zero-order valence-electron chi connectivity index (χ0n) is 18.9. The van der Waals surface area contributed by atoms with Crippen LogP contribution < -0.4 is 4.55 Å². The van der Waals surface area contributed by atoms with Gasteiger partial charge in [0.25, 0.3) is 0 Å². The van der Waals surface area contributed by atoms with Crippen molar-refractivity contribution in [3.05, 3.63) is 127 Å². The first-order chi connectivity index (χ1) is 17.2. The second kappa shape index (κ2) is 9.47. The van der Waals surface area contributed by atoms with Crippen LogP contribution in [0.2, 0.25) is 0 Å². The predicted octanol–water partition coefficient (Wildman–Crippen LogP) is 7.46. The van der Waals surface area contributed by atoms with Gasteiger partial charge in [0.2, 0.25) is 0 Å². The van der Waals surface area contributed by atoms with Gasteiger partial charge in [-0.15, -0.1) is 0 Å². The van der Waals surface area contributed by atoms with Gasteiger partial charge >= 0.3 is 217 Å². The van der Waals surface area contributed by atoms with Gasteiger partial charge in [-0.2, -0.15) is 0 Å². The summed E-state index contributed by atoms with van der Waals surface area (Å²) in [5.41, 5.74) is 0. The van der Waals surface area contributed by atoms with E-state index in [1.807, 2.05) is 91.0 Å². The molecule has 6 aromatic rings. The van der Waals surface area contributed by atoms with E-state index in [9.17, 15) is 0 Å². The summed E-state index contributed by atoms with van der Waals surface area (Å²) in [6, 6.07) is 42.0. The van der Waals surface area contributed by atoms with Crippen LogP contribution in [-0.2, 0) is 0 Å². The molecule has 0 aliphatic carbocycles. The number of hydrogen-bond donors (Lipinski definition) is 1. The number of rotatable bonds is 6. The minimum atomic E-state index is -4.95. The van der Waals surface area contributed by atoms with Gasteiger partial charge in [0.15, 0.2) is 0 Å². The Morgan fingerprint density at radius 3 is 1.00 bits per heavy atom. The fourth-order valence-electron chi connectivity index (χ4n) is 4.38. The van der Waals surface area contributed by atoms with E-state index in [4.69, 9.17) is 4.55 Å². The van der Waals surface area contributed by atoms with Gasteiger partial charge in [-0.05, 0) is 0 Å². The Labute approximate surface area is 215 Å². The summed E-state index contributed by atoms with van der Waals surface area (Å²) in [4.78, 5) is 0. The van der Waals surface area contributed by atoms with Crippen molar-refractivity contribution >= 4 is 32.3 Å². The van der Waals surface area contributed by atoms with Gasteiger partial charge in [-0.3, -0.25) is 0 Å². The van der Waals surface area contributed by atoms with Gasteiger partial charge in [-0.25, -0.2) is 0 Å². The van der Waals surface area contributed by atoms with Crippen LogP contribution >= 0.6 is 0 Å². The van der Waals surface area contributed by atoms with Crippen LogP contribution in [0.5, 0.6) is 17.2 Å². The Morgan fingerprint density at radius 1 is 0.371 bits per heavy atom. The molecule has 35 heavy (non-hydrogen) atoms. The molecule has 0 aromatic heterocycles. The molecule has 5 heteroatoms. The van der Waals surface area contributed by atoms with Crippen molar-refractivity contribution in [3.63, 3.8) is 0 Å². The summed E-state index contributed by atoms with van der Waals surface area (Å²) in [6.07, 6.45) is 0. The summed E-state index contributed by atoms with van der Waals surface area (Å²) in [5, 5.41) is 6.09. The van der Waals surface area contributed by atoms with E-state index in [1.54, 1.807) is 0 Å². The molecule has 0 atom stereocenters. The molecule has 0 radical (unpaired) electrons. The van der Waals surface area contributed by atoms with Crippen molar-refractivity contribution < 1.29 is 38.4 Å². The first-order valence-electron chi connectivity index (χ1n) is 11.5. The third-order valence-corrected chi connectivity index (χ3v) is 10.8. The average molecular weight is 586 g/mol. The quantitative estimate of drug-likeness (QED) is 0.221. The van der Waals surface area contributed by atoms with E-state index in [2.05, 4.69) is 36.4 Å². The molecule has 6 aromatic carbocycles. The van der Waals surface area contributed by atoms with Gasteiger partial charge in [0.1, 0.15) is 0 Å². The number of hydrogen-bond acceptors (Lipinski definition) is 4.